The zero-order chi connectivity index (χ0) is 13.7. The minimum absolute atomic E-state index is 0. The number of ether oxygens (including phenoxy) is 1. The molecule has 0 aromatic heterocycles. The van der Waals surface area contributed by atoms with Crippen LogP contribution in [-0.4, -0.2) is 28.9 Å². The molecule has 4 heteroatoms. The fourth-order valence-electron chi connectivity index (χ4n) is 4.94. The lowest BCUT2D eigenvalue weighted by atomic mass is 9.62. The van der Waals surface area contributed by atoms with Crippen molar-refractivity contribution in [1.82, 2.24) is 4.90 Å². The van der Waals surface area contributed by atoms with Crippen molar-refractivity contribution >= 4 is 12.4 Å². The number of halogens is 1. The molecule has 2 heterocycles. The van der Waals surface area contributed by atoms with E-state index in [0.29, 0.717) is 6.04 Å². The molecule has 1 aromatic rings. The van der Waals surface area contributed by atoms with E-state index < -0.39 is 5.72 Å². The molecule has 116 valence electrons. The fraction of sp³-hybridized carbons (Fsp3) is 0.647. The molecule has 2 unspecified atom stereocenters. The Labute approximate surface area is 132 Å². The van der Waals surface area contributed by atoms with Gasteiger partial charge in [-0.2, -0.15) is 0 Å². The Morgan fingerprint density at radius 1 is 1.24 bits per heavy atom. The quantitative estimate of drug-likeness (QED) is 0.930. The van der Waals surface area contributed by atoms with Gasteiger partial charge in [-0.3, -0.25) is 4.90 Å². The number of nitrogens with zero attached hydrogens (tertiary/aromatic N) is 1. The lowest BCUT2D eigenvalue weighted by Gasteiger charge is -2.61. The molecule has 2 saturated carbocycles. The van der Waals surface area contributed by atoms with Crippen molar-refractivity contribution in [2.24, 2.45) is 11.8 Å². The van der Waals surface area contributed by atoms with Crippen LogP contribution in [0.3, 0.4) is 0 Å². The van der Waals surface area contributed by atoms with Gasteiger partial charge in [0.05, 0.1) is 7.11 Å². The lowest BCUT2D eigenvalue weighted by Crippen LogP contribution is -2.65. The molecule has 2 aliphatic heterocycles. The van der Waals surface area contributed by atoms with Gasteiger partial charge in [0.25, 0.3) is 0 Å². The van der Waals surface area contributed by atoms with Crippen LogP contribution < -0.4 is 4.74 Å². The van der Waals surface area contributed by atoms with Crippen LogP contribution in [0.1, 0.15) is 37.7 Å². The zero-order valence-electron chi connectivity index (χ0n) is 12.5. The van der Waals surface area contributed by atoms with Crippen molar-refractivity contribution in [2.75, 3.05) is 7.11 Å². The summed E-state index contributed by atoms with van der Waals surface area (Å²) in [6, 6.07) is 8.82. The molecule has 1 aromatic carbocycles. The number of benzene rings is 1. The smallest absolute Gasteiger partial charge is 0.119 e. The van der Waals surface area contributed by atoms with E-state index in [1.54, 1.807) is 7.11 Å². The third kappa shape index (κ3) is 2.56. The maximum Gasteiger partial charge on any atom is 0.119 e. The van der Waals surface area contributed by atoms with Gasteiger partial charge in [-0.1, -0.05) is 12.1 Å². The zero-order valence-corrected chi connectivity index (χ0v) is 13.3. The lowest BCUT2D eigenvalue weighted by molar-refractivity contribution is -0.236. The fourth-order valence-corrected chi connectivity index (χ4v) is 4.94. The maximum atomic E-state index is 11.0. The monoisotopic (exact) mass is 309 g/mol. The van der Waals surface area contributed by atoms with Gasteiger partial charge in [0.2, 0.25) is 0 Å². The number of hydrogen-bond donors (Lipinski definition) is 1. The van der Waals surface area contributed by atoms with Crippen molar-refractivity contribution in [3.63, 3.8) is 0 Å². The van der Waals surface area contributed by atoms with E-state index in [1.165, 1.54) is 24.8 Å². The molecule has 0 radical (unpaired) electrons. The van der Waals surface area contributed by atoms with Crippen LogP contribution in [0.5, 0.6) is 5.75 Å². The van der Waals surface area contributed by atoms with Crippen LogP contribution in [0.4, 0.5) is 0 Å². The molecule has 3 nitrogen and oxygen atoms in total. The summed E-state index contributed by atoms with van der Waals surface area (Å²) in [5.41, 5.74) is 0.697. The van der Waals surface area contributed by atoms with E-state index in [9.17, 15) is 5.11 Å². The van der Waals surface area contributed by atoms with E-state index in [4.69, 9.17) is 4.74 Å². The van der Waals surface area contributed by atoms with Gasteiger partial charge in [0.15, 0.2) is 0 Å². The summed E-state index contributed by atoms with van der Waals surface area (Å²) in [5, 5.41) is 11.0. The summed E-state index contributed by atoms with van der Waals surface area (Å²) in [5.74, 6) is 2.43. The van der Waals surface area contributed by atoms with E-state index in [2.05, 4.69) is 17.0 Å². The minimum atomic E-state index is -0.544. The molecule has 2 atom stereocenters. The first-order valence-electron chi connectivity index (χ1n) is 7.78. The highest BCUT2D eigenvalue weighted by molar-refractivity contribution is 5.85. The molecule has 0 amide bonds. The van der Waals surface area contributed by atoms with Gasteiger partial charge in [-0.15, -0.1) is 12.4 Å². The number of rotatable bonds is 3. The molecule has 4 aliphatic rings. The Bertz CT molecular complexity index is 507. The van der Waals surface area contributed by atoms with Gasteiger partial charge in [-0.25, -0.2) is 0 Å². The molecule has 0 spiro atoms. The van der Waals surface area contributed by atoms with Gasteiger partial charge < -0.3 is 9.84 Å². The first kappa shape index (κ1) is 15.1. The van der Waals surface area contributed by atoms with Gasteiger partial charge in [-0.05, 0) is 61.6 Å². The van der Waals surface area contributed by atoms with Crippen LogP contribution in [-0.2, 0) is 6.54 Å². The van der Waals surface area contributed by atoms with Crippen LogP contribution in [0, 0.1) is 11.8 Å². The third-order valence-electron chi connectivity index (χ3n) is 5.57. The van der Waals surface area contributed by atoms with Gasteiger partial charge in [0, 0.05) is 12.6 Å². The van der Waals surface area contributed by atoms with E-state index in [-0.39, 0.29) is 12.4 Å². The van der Waals surface area contributed by atoms with Crippen LogP contribution in [0.15, 0.2) is 24.3 Å². The predicted molar refractivity (Wildman–Crippen MR) is 84.6 cm³/mol. The first-order valence-corrected chi connectivity index (χ1v) is 7.78. The van der Waals surface area contributed by atoms with Crippen molar-refractivity contribution in [3.8, 4) is 5.75 Å². The Balaban J connectivity index is 0.00000132. The molecular formula is C17H24ClNO2. The van der Waals surface area contributed by atoms with Crippen molar-refractivity contribution in [1.29, 1.82) is 0 Å². The second kappa shape index (κ2) is 5.45. The van der Waals surface area contributed by atoms with Crippen LogP contribution >= 0.6 is 12.4 Å². The van der Waals surface area contributed by atoms with Crippen LogP contribution in [0.25, 0.3) is 0 Å². The van der Waals surface area contributed by atoms with E-state index in [0.717, 1.165) is 37.0 Å². The average Bonchev–Trinajstić information content (AvgIpc) is 2.42. The normalized spacial score (nSPS) is 37.3. The Morgan fingerprint density at radius 2 is 1.95 bits per heavy atom. The van der Waals surface area contributed by atoms with Crippen molar-refractivity contribution in [3.05, 3.63) is 29.8 Å². The number of piperidine rings is 2. The third-order valence-corrected chi connectivity index (χ3v) is 5.57. The molecule has 2 saturated heterocycles. The average molecular weight is 310 g/mol. The Hall–Kier alpha value is -0.770. The van der Waals surface area contributed by atoms with Gasteiger partial charge >= 0.3 is 0 Å². The highest BCUT2D eigenvalue weighted by Gasteiger charge is 2.54. The Morgan fingerprint density at radius 3 is 2.57 bits per heavy atom. The Kier molecular flexibility index (Phi) is 3.93. The SMILES string of the molecule is COc1cccc(CN2C3CC4CC(C3)CC2(O)C4)c1.Cl. The molecule has 1 N–H and O–H groups in total. The molecule has 4 fully saturated rings. The van der Waals surface area contributed by atoms with E-state index >= 15 is 0 Å². The number of hydrogen-bond acceptors (Lipinski definition) is 3. The number of aliphatic hydroxyl groups is 1. The summed E-state index contributed by atoms with van der Waals surface area (Å²) in [6.07, 6.45) is 5.87. The maximum absolute atomic E-state index is 11.0. The molecule has 5 rings (SSSR count). The molecule has 2 aliphatic carbocycles. The second-order valence-corrected chi connectivity index (χ2v) is 6.96. The summed E-state index contributed by atoms with van der Waals surface area (Å²) in [4.78, 5) is 2.37. The summed E-state index contributed by atoms with van der Waals surface area (Å²) >= 11 is 0. The first-order chi connectivity index (χ1) is 9.66. The predicted octanol–water partition coefficient (Wildman–Crippen LogP) is 3.20. The van der Waals surface area contributed by atoms with E-state index in [1.807, 2.05) is 12.1 Å². The largest absolute Gasteiger partial charge is 0.497 e. The van der Waals surface area contributed by atoms with Crippen molar-refractivity contribution in [2.45, 2.75) is 50.4 Å². The van der Waals surface area contributed by atoms with Gasteiger partial charge in [0.1, 0.15) is 11.5 Å². The molecule has 4 bridgehead atoms. The standard InChI is InChI=1S/C17H23NO2.ClH/c1-20-16-4-2-3-12(8-16)11-18-15-6-13-5-14(7-15)10-17(18,19)9-13;/h2-4,8,13-15,19H,5-7,9-11H2,1H3;1H. The van der Waals surface area contributed by atoms with Crippen LogP contribution in [0.2, 0.25) is 0 Å². The summed E-state index contributed by atoms with van der Waals surface area (Å²) in [7, 11) is 1.70. The minimum Gasteiger partial charge on any atom is -0.497 e. The van der Waals surface area contributed by atoms with Crippen molar-refractivity contribution < 1.29 is 9.84 Å². The second-order valence-electron chi connectivity index (χ2n) is 6.96. The highest BCUT2D eigenvalue weighted by atomic mass is 35.5. The number of methoxy groups -OCH3 is 1. The summed E-state index contributed by atoms with van der Waals surface area (Å²) < 4.78 is 5.31. The summed E-state index contributed by atoms with van der Waals surface area (Å²) in [6.45, 7) is 0.845. The topological polar surface area (TPSA) is 32.7 Å². The molecular weight excluding hydrogens is 286 g/mol. The highest BCUT2D eigenvalue weighted by Crippen LogP contribution is 2.53. The molecule has 21 heavy (non-hydrogen) atoms.